The first-order valence-electron chi connectivity index (χ1n) is 7.55. The molecule has 1 aliphatic heterocycles. The smallest absolute Gasteiger partial charge is 0.336 e. The summed E-state index contributed by atoms with van der Waals surface area (Å²) in [6, 6.07) is 2.96. The maximum Gasteiger partial charge on any atom is 0.419 e. The van der Waals surface area contributed by atoms with Gasteiger partial charge in [0.25, 0.3) is 0 Å². The van der Waals surface area contributed by atoms with Crippen LogP contribution in [0.25, 0.3) is 11.3 Å². The van der Waals surface area contributed by atoms with E-state index in [0.29, 0.717) is 5.69 Å². The molecule has 23 heavy (non-hydrogen) atoms. The number of imidazole rings is 1. The van der Waals surface area contributed by atoms with Gasteiger partial charge in [-0.25, -0.2) is 9.37 Å². The molecular weight excluding hydrogens is 310 g/mol. The third-order valence-electron chi connectivity index (χ3n) is 4.07. The Hall–Kier alpha value is -1.89. The largest absolute Gasteiger partial charge is 0.419 e. The van der Waals surface area contributed by atoms with Crippen molar-refractivity contribution in [3.63, 3.8) is 0 Å². The van der Waals surface area contributed by atoms with Crippen LogP contribution in [0.2, 0.25) is 0 Å². The molecule has 1 aliphatic rings. The number of benzene rings is 1. The molecule has 1 fully saturated rings. The Labute approximate surface area is 131 Å². The van der Waals surface area contributed by atoms with Crippen LogP contribution in [0.15, 0.2) is 30.7 Å². The quantitative estimate of drug-likeness (QED) is 0.797. The van der Waals surface area contributed by atoms with Crippen molar-refractivity contribution in [1.82, 2.24) is 14.5 Å². The topological polar surface area (TPSA) is 21.1 Å². The molecular formula is C16H17F4N3. The Morgan fingerprint density at radius 3 is 2.52 bits per heavy atom. The van der Waals surface area contributed by atoms with E-state index in [1.54, 1.807) is 12.5 Å². The first kappa shape index (κ1) is 16.0. The summed E-state index contributed by atoms with van der Waals surface area (Å²) in [6.07, 6.45) is 1.01. The lowest BCUT2D eigenvalue weighted by atomic mass is 10.1. The molecule has 0 amide bonds. The van der Waals surface area contributed by atoms with Crippen molar-refractivity contribution in [2.75, 3.05) is 19.6 Å². The highest BCUT2D eigenvalue weighted by atomic mass is 19.4. The van der Waals surface area contributed by atoms with Crippen LogP contribution in [0.3, 0.4) is 0 Å². The Bertz CT molecular complexity index is 672. The summed E-state index contributed by atoms with van der Waals surface area (Å²) in [7, 11) is 0. The van der Waals surface area contributed by atoms with Crippen LogP contribution >= 0.6 is 0 Å². The summed E-state index contributed by atoms with van der Waals surface area (Å²) in [5, 5.41) is 0. The Kier molecular flexibility index (Phi) is 4.39. The van der Waals surface area contributed by atoms with E-state index in [4.69, 9.17) is 0 Å². The van der Waals surface area contributed by atoms with Gasteiger partial charge >= 0.3 is 6.18 Å². The van der Waals surface area contributed by atoms with Gasteiger partial charge in [-0.1, -0.05) is 0 Å². The number of aromatic nitrogens is 2. The van der Waals surface area contributed by atoms with Crippen molar-refractivity contribution in [2.24, 2.45) is 0 Å². The predicted octanol–water partition coefficient (Wildman–Crippen LogP) is 3.80. The summed E-state index contributed by atoms with van der Waals surface area (Å²) in [5.74, 6) is -1.27. The molecule has 0 atom stereocenters. The van der Waals surface area contributed by atoms with Crippen molar-refractivity contribution < 1.29 is 17.6 Å². The summed E-state index contributed by atoms with van der Waals surface area (Å²) in [5.41, 5.74) is -0.586. The van der Waals surface area contributed by atoms with Crippen molar-refractivity contribution in [3.8, 4) is 11.3 Å². The lowest BCUT2D eigenvalue weighted by Gasteiger charge is -2.14. The zero-order valence-electron chi connectivity index (χ0n) is 12.5. The number of hydrogen-bond acceptors (Lipinski definition) is 2. The molecule has 2 heterocycles. The lowest BCUT2D eigenvalue weighted by molar-refractivity contribution is -0.139. The van der Waals surface area contributed by atoms with Gasteiger partial charge in [-0.05, 0) is 44.1 Å². The second kappa shape index (κ2) is 6.31. The van der Waals surface area contributed by atoms with Gasteiger partial charge in [0.2, 0.25) is 0 Å². The van der Waals surface area contributed by atoms with Crippen molar-refractivity contribution >= 4 is 0 Å². The van der Waals surface area contributed by atoms with Gasteiger partial charge in [-0.3, -0.25) is 0 Å². The zero-order valence-corrected chi connectivity index (χ0v) is 12.5. The fraction of sp³-hybridized carbons (Fsp3) is 0.438. The molecule has 0 bridgehead atoms. The number of nitrogens with zero attached hydrogens (tertiary/aromatic N) is 3. The molecule has 1 saturated heterocycles. The minimum Gasteiger partial charge on any atom is -0.336 e. The van der Waals surface area contributed by atoms with E-state index in [1.165, 1.54) is 18.9 Å². The molecule has 0 N–H and O–H groups in total. The molecule has 0 aliphatic carbocycles. The molecule has 1 aromatic carbocycles. The molecule has 3 nitrogen and oxygen atoms in total. The Morgan fingerprint density at radius 1 is 1.09 bits per heavy atom. The van der Waals surface area contributed by atoms with Crippen LogP contribution < -0.4 is 0 Å². The number of halogens is 4. The number of rotatable bonds is 4. The summed E-state index contributed by atoms with van der Waals surface area (Å²) < 4.78 is 53.5. The van der Waals surface area contributed by atoms with Gasteiger partial charge < -0.3 is 9.47 Å². The first-order chi connectivity index (χ1) is 10.9. The van der Waals surface area contributed by atoms with Gasteiger partial charge in [0.15, 0.2) is 0 Å². The van der Waals surface area contributed by atoms with E-state index in [9.17, 15) is 17.6 Å². The first-order valence-corrected chi connectivity index (χ1v) is 7.55. The normalized spacial score (nSPS) is 16.2. The van der Waals surface area contributed by atoms with Gasteiger partial charge in [0.1, 0.15) is 5.82 Å². The van der Waals surface area contributed by atoms with E-state index >= 15 is 0 Å². The SMILES string of the molecule is Fc1ccc(-c2cn(CCN3CCCC3)cn2)cc1C(F)(F)F. The van der Waals surface area contributed by atoms with Crippen LogP contribution in [-0.4, -0.2) is 34.1 Å². The maximum absolute atomic E-state index is 13.3. The minimum atomic E-state index is -4.71. The molecule has 124 valence electrons. The second-order valence-corrected chi connectivity index (χ2v) is 5.74. The number of likely N-dealkylation sites (tertiary alicyclic amines) is 1. The fourth-order valence-electron chi connectivity index (χ4n) is 2.80. The van der Waals surface area contributed by atoms with E-state index < -0.39 is 17.6 Å². The van der Waals surface area contributed by atoms with Gasteiger partial charge in [0.05, 0.1) is 17.6 Å². The third-order valence-corrected chi connectivity index (χ3v) is 4.07. The van der Waals surface area contributed by atoms with Crippen LogP contribution in [0.4, 0.5) is 17.6 Å². The molecule has 1 aromatic heterocycles. The molecule has 2 aromatic rings. The monoisotopic (exact) mass is 327 g/mol. The molecule has 0 radical (unpaired) electrons. The van der Waals surface area contributed by atoms with Crippen molar-refractivity contribution in [2.45, 2.75) is 25.6 Å². The Morgan fingerprint density at radius 2 is 1.83 bits per heavy atom. The second-order valence-electron chi connectivity index (χ2n) is 5.74. The molecule has 0 saturated carbocycles. The summed E-state index contributed by atoms with van der Waals surface area (Å²) in [4.78, 5) is 6.49. The van der Waals surface area contributed by atoms with E-state index in [-0.39, 0.29) is 5.56 Å². The molecule has 7 heteroatoms. The number of hydrogen-bond donors (Lipinski definition) is 0. The highest BCUT2D eigenvalue weighted by Gasteiger charge is 2.34. The molecule has 3 rings (SSSR count). The van der Waals surface area contributed by atoms with E-state index in [1.807, 2.05) is 4.57 Å². The van der Waals surface area contributed by atoms with Gasteiger partial charge in [0, 0.05) is 24.8 Å². The van der Waals surface area contributed by atoms with Gasteiger partial charge in [-0.15, -0.1) is 0 Å². The summed E-state index contributed by atoms with van der Waals surface area (Å²) >= 11 is 0. The van der Waals surface area contributed by atoms with Crippen molar-refractivity contribution in [3.05, 3.63) is 42.1 Å². The standard InChI is InChI=1S/C16H17F4N3/c17-14-4-3-12(9-13(14)16(18,19)20)15-10-23(11-21-15)8-7-22-5-1-2-6-22/h3-4,9-11H,1-2,5-8H2. The van der Waals surface area contributed by atoms with Crippen LogP contribution in [0, 0.1) is 5.82 Å². The summed E-state index contributed by atoms with van der Waals surface area (Å²) in [6.45, 7) is 3.82. The van der Waals surface area contributed by atoms with Crippen LogP contribution in [-0.2, 0) is 12.7 Å². The van der Waals surface area contributed by atoms with E-state index in [2.05, 4.69) is 9.88 Å². The van der Waals surface area contributed by atoms with E-state index in [0.717, 1.165) is 38.3 Å². The third kappa shape index (κ3) is 3.72. The number of alkyl halides is 3. The average Bonchev–Trinajstić information content (AvgIpc) is 3.16. The minimum absolute atomic E-state index is 0.263. The maximum atomic E-state index is 13.3. The fourth-order valence-corrected chi connectivity index (χ4v) is 2.80. The average molecular weight is 327 g/mol. The van der Waals surface area contributed by atoms with Crippen LogP contribution in [0.1, 0.15) is 18.4 Å². The van der Waals surface area contributed by atoms with Gasteiger partial charge in [-0.2, -0.15) is 13.2 Å². The predicted molar refractivity (Wildman–Crippen MR) is 78.3 cm³/mol. The zero-order chi connectivity index (χ0) is 16.4. The Balaban J connectivity index is 1.74. The molecule has 0 spiro atoms. The van der Waals surface area contributed by atoms with Crippen LogP contribution in [0.5, 0.6) is 0 Å². The van der Waals surface area contributed by atoms with Crippen molar-refractivity contribution in [1.29, 1.82) is 0 Å². The molecule has 0 unspecified atom stereocenters. The lowest BCUT2D eigenvalue weighted by Crippen LogP contribution is -2.23. The highest BCUT2D eigenvalue weighted by Crippen LogP contribution is 2.33. The highest BCUT2D eigenvalue weighted by molar-refractivity contribution is 5.59.